The molecule has 0 atom stereocenters. The Hall–Kier alpha value is -2.80. The fourth-order valence-corrected chi connectivity index (χ4v) is 3.24. The highest BCUT2D eigenvalue weighted by Crippen LogP contribution is 2.21. The maximum atomic E-state index is 12.9. The molecule has 1 amide bonds. The number of anilines is 2. The molecule has 2 heterocycles. The van der Waals surface area contributed by atoms with E-state index in [0.717, 1.165) is 43.3 Å². The van der Waals surface area contributed by atoms with Gasteiger partial charge in [0.15, 0.2) is 0 Å². The van der Waals surface area contributed by atoms with E-state index in [1.54, 1.807) is 26.5 Å². The van der Waals surface area contributed by atoms with Gasteiger partial charge in [0.25, 0.3) is 5.91 Å². The topological polar surface area (TPSA) is 66.9 Å². The van der Waals surface area contributed by atoms with E-state index in [-0.39, 0.29) is 5.91 Å². The Balaban J connectivity index is 1.54. The van der Waals surface area contributed by atoms with Gasteiger partial charge in [0.2, 0.25) is 0 Å². The van der Waals surface area contributed by atoms with Crippen molar-refractivity contribution >= 4 is 17.4 Å². The van der Waals surface area contributed by atoms with Crippen molar-refractivity contribution in [2.75, 3.05) is 63.8 Å². The van der Waals surface area contributed by atoms with Crippen molar-refractivity contribution < 1.29 is 14.3 Å². The SMILES string of the molecule is COCCCNc1cc(C(=O)N2CCN(c3ccc(OC)cc3)CC2)ccn1. The molecular formula is C21H28N4O3. The van der Waals surface area contributed by atoms with E-state index in [4.69, 9.17) is 9.47 Å². The first-order valence-electron chi connectivity index (χ1n) is 9.58. The Bertz CT molecular complexity index is 759. The van der Waals surface area contributed by atoms with Crippen molar-refractivity contribution in [3.63, 3.8) is 0 Å². The molecule has 7 heteroatoms. The normalized spacial score (nSPS) is 14.1. The Kier molecular flexibility index (Phi) is 7.08. The third-order valence-corrected chi connectivity index (χ3v) is 4.84. The lowest BCUT2D eigenvalue weighted by Gasteiger charge is -2.36. The summed E-state index contributed by atoms with van der Waals surface area (Å²) in [7, 11) is 3.35. The molecule has 0 spiro atoms. The number of methoxy groups -OCH3 is 2. The number of carbonyl (C=O) groups excluding carboxylic acids is 1. The summed E-state index contributed by atoms with van der Waals surface area (Å²) in [5, 5.41) is 3.24. The number of hydrogen-bond acceptors (Lipinski definition) is 6. The zero-order chi connectivity index (χ0) is 19.8. The summed E-state index contributed by atoms with van der Waals surface area (Å²) in [4.78, 5) is 21.4. The van der Waals surface area contributed by atoms with E-state index < -0.39 is 0 Å². The highest BCUT2D eigenvalue weighted by atomic mass is 16.5. The molecule has 0 radical (unpaired) electrons. The molecule has 1 saturated heterocycles. The first-order valence-corrected chi connectivity index (χ1v) is 9.58. The number of hydrogen-bond donors (Lipinski definition) is 1. The maximum absolute atomic E-state index is 12.9. The molecule has 28 heavy (non-hydrogen) atoms. The van der Waals surface area contributed by atoms with Crippen LogP contribution in [-0.4, -0.2) is 69.3 Å². The van der Waals surface area contributed by atoms with Crippen LogP contribution >= 0.6 is 0 Å². The number of aromatic nitrogens is 1. The van der Waals surface area contributed by atoms with Gasteiger partial charge in [0, 0.05) is 63.9 Å². The van der Waals surface area contributed by atoms with Gasteiger partial charge in [-0.05, 0) is 42.8 Å². The van der Waals surface area contributed by atoms with Crippen LogP contribution in [0.3, 0.4) is 0 Å². The van der Waals surface area contributed by atoms with Crippen molar-refractivity contribution in [1.82, 2.24) is 9.88 Å². The number of nitrogens with one attached hydrogen (secondary N) is 1. The van der Waals surface area contributed by atoms with Crippen LogP contribution in [0.2, 0.25) is 0 Å². The predicted octanol–water partition coefficient (Wildman–Crippen LogP) is 2.50. The van der Waals surface area contributed by atoms with Crippen LogP contribution in [0.4, 0.5) is 11.5 Å². The molecule has 0 bridgehead atoms. The van der Waals surface area contributed by atoms with Gasteiger partial charge in [0.05, 0.1) is 7.11 Å². The molecule has 0 aliphatic carbocycles. The van der Waals surface area contributed by atoms with Crippen molar-refractivity contribution in [1.29, 1.82) is 0 Å². The minimum Gasteiger partial charge on any atom is -0.497 e. The summed E-state index contributed by atoms with van der Waals surface area (Å²) in [6.45, 7) is 4.48. The fourth-order valence-electron chi connectivity index (χ4n) is 3.24. The Morgan fingerprint density at radius 3 is 2.54 bits per heavy atom. The fraction of sp³-hybridized carbons (Fsp3) is 0.429. The van der Waals surface area contributed by atoms with E-state index in [9.17, 15) is 4.79 Å². The van der Waals surface area contributed by atoms with Crippen molar-refractivity contribution in [3.8, 4) is 5.75 Å². The largest absolute Gasteiger partial charge is 0.497 e. The summed E-state index contributed by atoms with van der Waals surface area (Å²) >= 11 is 0. The number of piperazine rings is 1. The third-order valence-electron chi connectivity index (χ3n) is 4.84. The van der Waals surface area contributed by atoms with Crippen LogP contribution in [0, 0.1) is 0 Å². The molecule has 0 unspecified atom stereocenters. The van der Waals surface area contributed by atoms with Crippen molar-refractivity contribution in [2.24, 2.45) is 0 Å². The number of benzene rings is 1. The average Bonchev–Trinajstić information content (AvgIpc) is 2.77. The number of pyridine rings is 1. The Morgan fingerprint density at radius 1 is 1.11 bits per heavy atom. The molecule has 1 aliphatic rings. The van der Waals surface area contributed by atoms with Crippen LogP contribution < -0.4 is 15.0 Å². The smallest absolute Gasteiger partial charge is 0.254 e. The van der Waals surface area contributed by atoms with Gasteiger partial charge in [-0.1, -0.05) is 0 Å². The van der Waals surface area contributed by atoms with E-state index in [1.165, 1.54) is 0 Å². The van der Waals surface area contributed by atoms with Gasteiger partial charge >= 0.3 is 0 Å². The first-order chi connectivity index (χ1) is 13.7. The molecule has 7 nitrogen and oxygen atoms in total. The number of rotatable bonds is 8. The van der Waals surface area contributed by atoms with Crippen LogP contribution in [0.5, 0.6) is 5.75 Å². The Labute approximate surface area is 166 Å². The summed E-state index contributed by atoms with van der Waals surface area (Å²) in [5.74, 6) is 1.62. The second-order valence-electron chi connectivity index (χ2n) is 6.68. The predicted molar refractivity (Wildman–Crippen MR) is 110 cm³/mol. The number of carbonyl (C=O) groups is 1. The maximum Gasteiger partial charge on any atom is 0.254 e. The summed E-state index contributed by atoms with van der Waals surface area (Å²) in [6.07, 6.45) is 2.57. The second kappa shape index (κ2) is 9.94. The third kappa shape index (κ3) is 5.13. The first kappa shape index (κ1) is 19.9. The van der Waals surface area contributed by atoms with E-state index in [1.807, 2.05) is 23.1 Å². The van der Waals surface area contributed by atoms with Crippen LogP contribution in [-0.2, 0) is 4.74 Å². The quantitative estimate of drug-likeness (QED) is 0.706. The second-order valence-corrected chi connectivity index (χ2v) is 6.68. The van der Waals surface area contributed by atoms with Gasteiger partial charge in [-0.3, -0.25) is 4.79 Å². The van der Waals surface area contributed by atoms with E-state index >= 15 is 0 Å². The molecule has 1 aromatic carbocycles. The average molecular weight is 384 g/mol. The van der Waals surface area contributed by atoms with Gasteiger partial charge < -0.3 is 24.6 Å². The lowest BCUT2D eigenvalue weighted by molar-refractivity contribution is 0.0746. The summed E-state index contributed by atoms with van der Waals surface area (Å²) in [6, 6.07) is 11.6. The van der Waals surface area contributed by atoms with E-state index in [0.29, 0.717) is 25.3 Å². The van der Waals surface area contributed by atoms with Crippen LogP contribution in [0.25, 0.3) is 0 Å². The standard InChI is InChI=1S/C21H28N4O3/c1-27-15-3-9-22-20-16-17(8-10-23-20)21(26)25-13-11-24(12-14-25)18-4-6-19(28-2)7-5-18/h4-8,10,16H,3,9,11-15H2,1-2H3,(H,22,23). The lowest BCUT2D eigenvalue weighted by atomic mass is 10.2. The Morgan fingerprint density at radius 2 is 1.86 bits per heavy atom. The summed E-state index contributed by atoms with van der Waals surface area (Å²) < 4.78 is 10.3. The molecule has 1 fully saturated rings. The number of nitrogens with zero attached hydrogens (tertiary/aromatic N) is 3. The minimum absolute atomic E-state index is 0.0525. The molecule has 1 aliphatic heterocycles. The van der Waals surface area contributed by atoms with Gasteiger partial charge in [-0.2, -0.15) is 0 Å². The highest BCUT2D eigenvalue weighted by Gasteiger charge is 2.22. The molecule has 3 rings (SSSR count). The lowest BCUT2D eigenvalue weighted by Crippen LogP contribution is -2.48. The molecule has 1 aromatic heterocycles. The molecule has 0 saturated carbocycles. The monoisotopic (exact) mass is 384 g/mol. The molecule has 1 N–H and O–H groups in total. The van der Waals surface area contributed by atoms with Crippen molar-refractivity contribution in [2.45, 2.75) is 6.42 Å². The van der Waals surface area contributed by atoms with Crippen LogP contribution in [0.1, 0.15) is 16.8 Å². The number of amides is 1. The molecule has 2 aromatic rings. The van der Waals surface area contributed by atoms with Crippen molar-refractivity contribution in [3.05, 3.63) is 48.2 Å². The molecule has 150 valence electrons. The van der Waals surface area contributed by atoms with Gasteiger partial charge in [-0.15, -0.1) is 0 Å². The number of ether oxygens (including phenoxy) is 2. The summed E-state index contributed by atoms with van der Waals surface area (Å²) in [5.41, 5.74) is 1.82. The highest BCUT2D eigenvalue weighted by molar-refractivity contribution is 5.95. The van der Waals surface area contributed by atoms with Gasteiger partial charge in [-0.25, -0.2) is 4.98 Å². The van der Waals surface area contributed by atoms with E-state index in [2.05, 4.69) is 27.3 Å². The van der Waals surface area contributed by atoms with Crippen LogP contribution in [0.15, 0.2) is 42.6 Å². The zero-order valence-electron chi connectivity index (χ0n) is 16.6. The molecular weight excluding hydrogens is 356 g/mol. The minimum atomic E-state index is 0.0525. The zero-order valence-corrected chi connectivity index (χ0v) is 16.6. The van der Waals surface area contributed by atoms with Gasteiger partial charge in [0.1, 0.15) is 11.6 Å².